The van der Waals surface area contributed by atoms with E-state index in [0.717, 1.165) is 11.1 Å². The number of anilines is 2. The normalized spacial score (nSPS) is 10.7. The van der Waals surface area contributed by atoms with Crippen LogP contribution in [0.4, 0.5) is 15.2 Å². The van der Waals surface area contributed by atoms with E-state index in [4.69, 9.17) is 5.73 Å². The number of imidazole rings is 1. The van der Waals surface area contributed by atoms with E-state index in [9.17, 15) is 9.18 Å². The van der Waals surface area contributed by atoms with Gasteiger partial charge >= 0.3 is 0 Å². The minimum atomic E-state index is -0.487. The van der Waals surface area contributed by atoms with Crippen molar-refractivity contribution in [3.8, 4) is 0 Å². The van der Waals surface area contributed by atoms with Crippen LogP contribution in [-0.2, 0) is 7.05 Å². The van der Waals surface area contributed by atoms with Gasteiger partial charge in [-0.15, -0.1) is 11.3 Å². The van der Waals surface area contributed by atoms with Crippen LogP contribution in [-0.4, -0.2) is 20.4 Å². The van der Waals surface area contributed by atoms with Gasteiger partial charge in [0.1, 0.15) is 5.82 Å². The summed E-state index contributed by atoms with van der Waals surface area (Å²) in [4.78, 5) is 20.6. The van der Waals surface area contributed by atoms with Crippen LogP contribution < -0.4 is 11.1 Å². The molecule has 0 fully saturated rings. The molecule has 3 N–H and O–H groups in total. The number of rotatable bonds is 4. The van der Waals surface area contributed by atoms with Crippen molar-refractivity contribution < 1.29 is 9.18 Å². The number of aromatic nitrogens is 3. The Labute approximate surface area is 139 Å². The maximum Gasteiger partial charge on any atom is 0.259 e. The SMILES string of the molecule is Cn1cncc1Sc1cc(C(=O)Nc2nccs2)c(N)cc1F. The Kier molecular flexibility index (Phi) is 4.30. The third-order valence-electron chi connectivity index (χ3n) is 2.99. The number of halogens is 1. The van der Waals surface area contributed by atoms with E-state index in [1.54, 1.807) is 35.7 Å². The Morgan fingerprint density at radius 1 is 1.48 bits per heavy atom. The molecular weight excluding hydrogens is 337 g/mol. The summed E-state index contributed by atoms with van der Waals surface area (Å²) in [5, 5.41) is 5.59. The molecule has 118 valence electrons. The number of hydrogen-bond acceptors (Lipinski definition) is 6. The first-order valence-corrected chi connectivity index (χ1v) is 8.18. The summed E-state index contributed by atoms with van der Waals surface area (Å²) in [6.45, 7) is 0. The molecule has 2 heterocycles. The lowest BCUT2D eigenvalue weighted by molar-refractivity contribution is 0.102. The molecule has 0 aliphatic carbocycles. The summed E-state index contributed by atoms with van der Waals surface area (Å²) in [5.41, 5.74) is 6.05. The van der Waals surface area contributed by atoms with E-state index in [0.29, 0.717) is 10.0 Å². The molecule has 23 heavy (non-hydrogen) atoms. The van der Waals surface area contributed by atoms with E-state index >= 15 is 0 Å². The highest BCUT2D eigenvalue weighted by Gasteiger charge is 2.16. The van der Waals surface area contributed by atoms with Gasteiger partial charge in [-0.05, 0) is 12.1 Å². The molecule has 2 aromatic heterocycles. The molecule has 0 saturated heterocycles. The molecule has 3 aromatic rings. The van der Waals surface area contributed by atoms with Gasteiger partial charge in [0.15, 0.2) is 5.13 Å². The number of thiazole rings is 1. The Morgan fingerprint density at radius 3 is 2.96 bits per heavy atom. The predicted octanol–water partition coefficient (Wildman–Crippen LogP) is 3.00. The van der Waals surface area contributed by atoms with Crippen LogP contribution in [0.2, 0.25) is 0 Å². The zero-order valence-corrected chi connectivity index (χ0v) is 13.6. The predicted molar refractivity (Wildman–Crippen MR) is 88.2 cm³/mol. The van der Waals surface area contributed by atoms with E-state index in [2.05, 4.69) is 15.3 Å². The van der Waals surface area contributed by atoms with Gasteiger partial charge in [0.2, 0.25) is 0 Å². The van der Waals surface area contributed by atoms with Gasteiger partial charge in [0.05, 0.1) is 28.0 Å². The summed E-state index contributed by atoms with van der Waals surface area (Å²) in [5.74, 6) is -0.913. The van der Waals surface area contributed by atoms with E-state index in [-0.39, 0.29) is 11.3 Å². The van der Waals surface area contributed by atoms with Crippen LogP contribution in [0.3, 0.4) is 0 Å². The summed E-state index contributed by atoms with van der Waals surface area (Å²) in [7, 11) is 1.81. The van der Waals surface area contributed by atoms with Gasteiger partial charge in [0, 0.05) is 24.3 Å². The molecule has 0 radical (unpaired) electrons. The molecule has 3 rings (SSSR count). The first-order valence-electron chi connectivity index (χ1n) is 6.48. The molecule has 0 atom stereocenters. The van der Waals surface area contributed by atoms with Crippen molar-refractivity contribution in [3.63, 3.8) is 0 Å². The lowest BCUT2D eigenvalue weighted by Crippen LogP contribution is -2.14. The minimum Gasteiger partial charge on any atom is -0.398 e. The monoisotopic (exact) mass is 349 g/mol. The number of amides is 1. The number of carbonyl (C=O) groups excluding carboxylic acids is 1. The summed E-state index contributed by atoms with van der Waals surface area (Å²) in [6.07, 6.45) is 4.82. The number of nitrogens with zero attached hydrogens (tertiary/aromatic N) is 3. The van der Waals surface area contributed by atoms with Crippen molar-refractivity contribution >= 4 is 39.8 Å². The molecule has 0 unspecified atom stereocenters. The third kappa shape index (κ3) is 3.35. The Balaban J connectivity index is 1.90. The molecule has 0 bridgehead atoms. The number of nitrogens with two attached hydrogens (primary N) is 1. The van der Waals surface area contributed by atoms with Gasteiger partial charge in [-0.1, -0.05) is 11.8 Å². The van der Waals surface area contributed by atoms with Gasteiger partial charge in [-0.2, -0.15) is 0 Å². The van der Waals surface area contributed by atoms with Crippen molar-refractivity contribution in [1.82, 2.24) is 14.5 Å². The number of carbonyl (C=O) groups is 1. The van der Waals surface area contributed by atoms with Crippen LogP contribution in [0.5, 0.6) is 0 Å². The largest absolute Gasteiger partial charge is 0.398 e. The fourth-order valence-electron chi connectivity index (χ4n) is 1.85. The van der Waals surface area contributed by atoms with E-state index in [1.165, 1.54) is 29.2 Å². The number of aryl methyl sites for hydroxylation is 1. The highest BCUT2D eigenvalue weighted by atomic mass is 32.2. The Hall–Kier alpha value is -2.39. The molecule has 0 aliphatic heterocycles. The van der Waals surface area contributed by atoms with Gasteiger partial charge in [-0.3, -0.25) is 10.1 Å². The average molecular weight is 349 g/mol. The second kappa shape index (κ2) is 6.39. The van der Waals surface area contributed by atoms with Gasteiger partial charge in [-0.25, -0.2) is 14.4 Å². The molecular formula is C14H12FN5OS2. The fraction of sp³-hybridized carbons (Fsp3) is 0.0714. The molecule has 1 aromatic carbocycles. The maximum atomic E-state index is 14.1. The molecule has 1 amide bonds. The topological polar surface area (TPSA) is 85.8 Å². The van der Waals surface area contributed by atoms with Crippen molar-refractivity contribution in [3.05, 3.63) is 47.6 Å². The zero-order valence-electron chi connectivity index (χ0n) is 12.0. The highest BCUT2D eigenvalue weighted by molar-refractivity contribution is 7.99. The first-order chi connectivity index (χ1) is 11.0. The van der Waals surface area contributed by atoms with Crippen LogP contribution in [0.15, 0.2) is 46.2 Å². The Bertz CT molecular complexity index is 847. The van der Waals surface area contributed by atoms with Gasteiger partial charge < -0.3 is 10.3 Å². The molecule has 0 aliphatic rings. The Morgan fingerprint density at radius 2 is 2.30 bits per heavy atom. The lowest BCUT2D eigenvalue weighted by atomic mass is 10.1. The smallest absolute Gasteiger partial charge is 0.259 e. The minimum absolute atomic E-state index is 0.0749. The van der Waals surface area contributed by atoms with Crippen molar-refractivity contribution in [2.75, 3.05) is 11.1 Å². The maximum absolute atomic E-state index is 14.1. The second-order valence-corrected chi connectivity index (χ2v) is 6.56. The number of nitrogens with one attached hydrogen (secondary N) is 1. The first kappa shape index (κ1) is 15.5. The summed E-state index contributed by atoms with van der Waals surface area (Å²) < 4.78 is 15.9. The van der Waals surface area contributed by atoms with Gasteiger partial charge in [0.25, 0.3) is 5.91 Å². The van der Waals surface area contributed by atoms with Crippen molar-refractivity contribution in [2.45, 2.75) is 9.92 Å². The highest BCUT2D eigenvalue weighted by Crippen LogP contribution is 2.32. The van der Waals surface area contributed by atoms with Crippen LogP contribution >= 0.6 is 23.1 Å². The summed E-state index contributed by atoms with van der Waals surface area (Å²) >= 11 is 2.46. The van der Waals surface area contributed by atoms with E-state index in [1.807, 2.05) is 0 Å². The quantitative estimate of drug-likeness (QED) is 0.707. The lowest BCUT2D eigenvalue weighted by Gasteiger charge is -2.09. The molecule has 0 saturated carbocycles. The third-order valence-corrected chi connectivity index (χ3v) is 4.81. The average Bonchev–Trinajstić information content (AvgIpc) is 3.14. The number of hydrogen-bond donors (Lipinski definition) is 2. The molecule has 0 spiro atoms. The van der Waals surface area contributed by atoms with Crippen LogP contribution in [0, 0.1) is 5.82 Å². The van der Waals surface area contributed by atoms with Crippen molar-refractivity contribution in [2.24, 2.45) is 7.05 Å². The molecule has 9 heteroatoms. The number of benzene rings is 1. The second-order valence-electron chi connectivity index (χ2n) is 4.61. The van der Waals surface area contributed by atoms with E-state index < -0.39 is 11.7 Å². The fourth-order valence-corrected chi connectivity index (χ4v) is 3.24. The zero-order chi connectivity index (χ0) is 16.4. The van der Waals surface area contributed by atoms with Crippen LogP contribution in [0.25, 0.3) is 0 Å². The standard InChI is InChI=1S/C14H12FN5OS2/c1-20-7-17-6-12(20)23-11-4-8(10(16)5-9(11)15)13(21)19-14-18-2-3-22-14/h2-7H,16H2,1H3,(H,18,19,21). The summed E-state index contributed by atoms with van der Waals surface area (Å²) in [6, 6.07) is 2.58. The van der Waals surface area contributed by atoms with Crippen LogP contribution in [0.1, 0.15) is 10.4 Å². The number of nitrogen functional groups attached to an aromatic ring is 1. The van der Waals surface area contributed by atoms with Crippen molar-refractivity contribution in [1.29, 1.82) is 0 Å². The molecule has 6 nitrogen and oxygen atoms in total.